The number of carbonyl (C=O) groups is 1. The Morgan fingerprint density at radius 2 is 1.94 bits per heavy atom. The van der Waals surface area contributed by atoms with Crippen molar-refractivity contribution < 1.29 is 4.79 Å². The number of fused-ring (bicyclic) bond motifs is 1. The number of hydrogen-bond donors (Lipinski definition) is 1. The summed E-state index contributed by atoms with van der Waals surface area (Å²) in [5, 5.41) is 8.19. The predicted octanol–water partition coefficient (Wildman–Crippen LogP) is 4.90. The first-order valence-electron chi connectivity index (χ1n) is 11.2. The molecule has 1 amide bonds. The number of aromatic nitrogens is 3. The molecule has 1 fully saturated rings. The van der Waals surface area contributed by atoms with Gasteiger partial charge in [-0.25, -0.2) is 0 Å². The molecule has 31 heavy (non-hydrogen) atoms. The van der Waals surface area contributed by atoms with Crippen LogP contribution in [0, 0.1) is 5.92 Å². The number of hydrogen-bond acceptors (Lipinski definition) is 2. The quantitative estimate of drug-likeness (QED) is 0.507. The highest BCUT2D eigenvalue weighted by Gasteiger charge is 2.21. The van der Waals surface area contributed by atoms with Crippen LogP contribution in [-0.2, 0) is 17.8 Å². The van der Waals surface area contributed by atoms with Crippen LogP contribution in [0.15, 0.2) is 73.2 Å². The number of carbonyl (C=O) groups excluding carboxylic acids is 1. The number of benzene rings is 2. The largest absolute Gasteiger partial charge is 0.347 e. The number of aromatic amines is 1. The van der Waals surface area contributed by atoms with E-state index >= 15 is 0 Å². The lowest BCUT2D eigenvalue weighted by molar-refractivity contribution is -0.130. The van der Waals surface area contributed by atoms with Crippen LogP contribution >= 0.6 is 0 Å². The maximum absolute atomic E-state index is 12.8. The van der Waals surface area contributed by atoms with Crippen LogP contribution in [-0.4, -0.2) is 38.7 Å². The lowest BCUT2D eigenvalue weighted by Gasteiger charge is -2.21. The van der Waals surface area contributed by atoms with Crippen molar-refractivity contribution in [2.45, 2.75) is 32.2 Å². The average molecular weight is 413 g/mol. The fourth-order valence-electron chi connectivity index (χ4n) is 4.71. The third kappa shape index (κ3) is 4.41. The van der Waals surface area contributed by atoms with Gasteiger partial charge in [-0.3, -0.25) is 9.89 Å². The van der Waals surface area contributed by atoms with Crippen LogP contribution in [0.5, 0.6) is 0 Å². The Morgan fingerprint density at radius 1 is 1.03 bits per heavy atom. The SMILES string of the molecule is O=C(Cc1ccccc1)N1CCCC(Cn2ccc3cc(-c4cn[nH]c4)ccc32)CC1. The van der Waals surface area contributed by atoms with Gasteiger partial charge in [0, 0.05) is 48.5 Å². The van der Waals surface area contributed by atoms with Gasteiger partial charge in [-0.1, -0.05) is 36.4 Å². The monoisotopic (exact) mass is 412 g/mol. The summed E-state index contributed by atoms with van der Waals surface area (Å²) in [4.78, 5) is 14.8. The molecule has 0 spiro atoms. The molecule has 1 atom stereocenters. The first-order chi connectivity index (χ1) is 15.3. The molecule has 0 radical (unpaired) electrons. The number of nitrogens with one attached hydrogen (secondary N) is 1. The summed E-state index contributed by atoms with van der Waals surface area (Å²) < 4.78 is 2.38. The summed E-state index contributed by atoms with van der Waals surface area (Å²) in [5.41, 5.74) is 4.66. The maximum atomic E-state index is 12.8. The van der Waals surface area contributed by atoms with E-state index in [1.54, 1.807) is 0 Å². The molecule has 0 bridgehead atoms. The summed E-state index contributed by atoms with van der Waals surface area (Å²) in [6.45, 7) is 2.75. The van der Waals surface area contributed by atoms with Crippen molar-refractivity contribution in [3.8, 4) is 11.1 Å². The van der Waals surface area contributed by atoms with Gasteiger partial charge in [-0.05, 0) is 54.5 Å². The van der Waals surface area contributed by atoms with Gasteiger partial charge in [0.25, 0.3) is 0 Å². The van der Waals surface area contributed by atoms with Gasteiger partial charge < -0.3 is 9.47 Å². The van der Waals surface area contributed by atoms with E-state index in [4.69, 9.17) is 0 Å². The lowest BCUT2D eigenvalue weighted by Crippen LogP contribution is -2.33. The van der Waals surface area contributed by atoms with Crippen LogP contribution in [0.1, 0.15) is 24.8 Å². The van der Waals surface area contributed by atoms with Crippen LogP contribution in [0.4, 0.5) is 0 Å². The zero-order chi connectivity index (χ0) is 21.0. The standard InChI is InChI=1S/C26H28N4O/c31-26(15-20-5-2-1-3-6-20)29-12-4-7-21(10-13-29)19-30-14-11-23-16-22(8-9-25(23)30)24-17-27-28-18-24/h1-3,5-6,8-9,11,14,16-18,21H,4,7,10,12-13,15,19H2,(H,27,28). The fraction of sp³-hybridized carbons (Fsp3) is 0.308. The molecule has 1 saturated heterocycles. The molecule has 2 aromatic carbocycles. The van der Waals surface area contributed by atoms with Gasteiger partial charge in [0.15, 0.2) is 0 Å². The molecule has 1 aliphatic heterocycles. The third-order valence-electron chi connectivity index (χ3n) is 6.46. The number of rotatable bonds is 5. The number of H-pyrrole nitrogens is 1. The van der Waals surface area contributed by atoms with Gasteiger partial charge in [0.05, 0.1) is 12.6 Å². The van der Waals surface area contributed by atoms with E-state index in [-0.39, 0.29) is 5.91 Å². The Hall–Kier alpha value is -3.34. The molecule has 158 valence electrons. The summed E-state index contributed by atoms with van der Waals surface area (Å²) in [6.07, 6.45) is 9.80. The van der Waals surface area contributed by atoms with Gasteiger partial charge in [-0.2, -0.15) is 5.10 Å². The number of amides is 1. The molecule has 1 unspecified atom stereocenters. The second-order valence-electron chi connectivity index (χ2n) is 8.57. The average Bonchev–Trinajstić information content (AvgIpc) is 3.40. The molecule has 5 nitrogen and oxygen atoms in total. The summed E-state index contributed by atoms with van der Waals surface area (Å²) in [5.74, 6) is 0.851. The minimum atomic E-state index is 0.255. The summed E-state index contributed by atoms with van der Waals surface area (Å²) >= 11 is 0. The second kappa shape index (κ2) is 8.80. The Balaban J connectivity index is 1.23. The molecule has 4 aromatic rings. The van der Waals surface area contributed by atoms with Crippen molar-refractivity contribution in [1.29, 1.82) is 0 Å². The van der Waals surface area contributed by atoms with E-state index in [0.29, 0.717) is 12.3 Å². The van der Waals surface area contributed by atoms with Crippen molar-refractivity contribution in [3.63, 3.8) is 0 Å². The van der Waals surface area contributed by atoms with E-state index < -0.39 is 0 Å². The zero-order valence-corrected chi connectivity index (χ0v) is 17.7. The lowest BCUT2D eigenvalue weighted by atomic mass is 10.0. The van der Waals surface area contributed by atoms with E-state index in [0.717, 1.165) is 43.6 Å². The molecular weight excluding hydrogens is 384 g/mol. The maximum Gasteiger partial charge on any atom is 0.226 e. The Bertz CT molecular complexity index is 1150. The van der Waals surface area contributed by atoms with Gasteiger partial charge in [0.2, 0.25) is 5.91 Å². The van der Waals surface area contributed by atoms with E-state index in [9.17, 15) is 4.79 Å². The Kier molecular flexibility index (Phi) is 5.57. The van der Waals surface area contributed by atoms with Crippen molar-refractivity contribution in [3.05, 3.63) is 78.8 Å². The fourth-order valence-corrected chi connectivity index (χ4v) is 4.71. The highest BCUT2D eigenvalue weighted by molar-refractivity contribution is 5.85. The van der Waals surface area contributed by atoms with Crippen molar-refractivity contribution >= 4 is 16.8 Å². The molecule has 5 heteroatoms. The van der Waals surface area contributed by atoms with E-state index in [2.05, 4.69) is 50.1 Å². The topological polar surface area (TPSA) is 53.9 Å². The zero-order valence-electron chi connectivity index (χ0n) is 17.7. The predicted molar refractivity (Wildman–Crippen MR) is 124 cm³/mol. The third-order valence-corrected chi connectivity index (χ3v) is 6.46. The van der Waals surface area contributed by atoms with Crippen LogP contribution < -0.4 is 0 Å². The van der Waals surface area contributed by atoms with E-state index in [1.165, 1.54) is 22.9 Å². The first kappa shape index (κ1) is 19.6. The molecule has 1 N–H and O–H groups in total. The van der Waals surface area contributed by atoms with Crippen LogP contribution in [0.3, 0.4) is 0 Å². The smallest absolute Gasteiger partial charge is 0.226 e. The van der Waals surface area contributed by atoms with E-state index in [1.807, 2.05) is 42.7 Å². The summed E-state index contributed by atoms with van der Waals surface area (Å²) in [6, 6.07) is 18.9. The number of nitrogens with zero attached hydrogens (tertiary/aromatic N) is 3. The minimum absolute atomic E-state index is 0.255. The van der Waals surface area contributed by atoms with Gasteiger partial charge in [0.1, 0.15) is 0 Å². The summed E-state index contributed by atoms with van der Waals surface area (Å²) in [7, 11) is 0. The molecule has 2 aromatic heterocycles. The highest BCUT2D eigenvalue weighted by atomic mass is 16.2. The molecule has 5 rings (SSSR count). The van der Waals surface area contributed by atoms with Gasteiger partial charge in [-0.15, -0.1) is 0 Å². The molecular formula is C26H28N4O. The van der Waals surface area contributed by atoms with Crippen molar-refractivity contribution in [1.82, 2.24) is 19.7 Å². The number of likely N-dealkylation sites (tertiary alicyclic amines) is 1. The van der Waals surface area contributed by atoms with Crippen LogP contribution in [0.2, 0.25) is 0 Å². The van der Waals surface area contributed by atoms with Gasteiger partial charge >= 0.3 is 0 Å². The second-order valence-corrected chi connectivity index (χ2v) is 8.57. The normalized spacial score (nSPS) is 17.0. The Labute approximate surface area is 182 Å². The molecule has 1 aliphatic rings. The van der Waals surface area contributed by atoms with Crippen molar-refractivity contribution in [2.24, 2.45) is 5.92 Å². The minimum Gasteiger partial charge on any atom is -0.347 e. The van der Waals surface area contributed by atoms with Crippen molar-refractivity contribution in [2.75, 3.05) is 13.1 Å². The Morgan fingerprint density at radius 3 is 2.77 bits per heavy atom. The first-order valence-corrected chi connectivity index (χ1v) is 11.2. The highest BCUT2D eigenvalue weighted by Crippen LogP contribution is 2.27. The van der Waals surface area contributed by atoms with Crippen LogP contribution in [0.25, 0.3) is 22.0 Å². The molecule has 0 aliphatic carbocycles. The molecule has 3 heterocycles. The molecule has 0 saturated carbocycles.